The van der Waals surface area contributed by atoms with Gasteiger partial charge in [-0.25, -0.2) is 0 Å². The Kier molecular flexibility index (Phi) is 4.37. The molecule has 0 unspecified atom stereocenters. The zero-order valence-electron chi connectivity index (χ0n) is 9.24. The predicted octanol–water partition coefficient (Wildman–Crippen LogP) is 2.65. The third kappa shape index (κ3) is 3.70. The van der Waals surface area contributed by atoms with Crippen molar-refractivity contribution in [3.05, 3.63) is 63.9 Å². The summed E-state index contributed by atoms with van der Waals surface area (Å²) in [6.07, 6.45) is 1.81. The van der Waals surface area contributed by atoms with Gasteiger partial charge < -0.3 is 5.32 Å². The van der Waals surface area contributed by atoms with E-state index in [1.807, 2.05) is 42.6 Å². The first-order chi connectivity index (χ1) is 8.25. The summed E-state index contributed by atoms with van der Waals surface area (Å²) in [7, 11) is 0. The highest BCUT2D eigenvalue weighted by Gasteiger charge is 2.01. The summed E-state index contributed by atoms with van der Waals surface area (Å²) in [6, 6.07) is 11.7. The third-order valence-electron chi connectivity index (χ3n) is 2.44. The van der Waals surface area contributed by atoms with E-state index < -0.39 is 0 Å². The van der Waals surface area contributed by atoms with Crippen molar-refractivity contribution >= 4 is 23.2 Å². The molecule has 1 aromatic carbocycles. The van der Waals surface area contributed by atoms with Crippen molar-refractivity contribution in [3.63, 3.8) is 0 Å². The molecule has 17 heavy (non-hydrogen) atoms. The number of pyridine rings is 1. The molecule has 0 aliphatic rings. The maximum Gasteiger partial charge on any atom is 0.119 e. The zero-order chi connectivity index (χ0) is 12.1. The van der Waals surface area contributed by atoms with Gasteiger partial charge in [0.05, 0.1) is 15.7 Å². The first kappa shape index (κ1) is 12.4. The molecule has 0 aliphatic carbocycles. The van der Waals surface area contributed by atoms with Gasteiger partial charge in [-0.05, 0) is 24.3 Å². The number of rotatable bonds is 4. The Bertz CT molecular complexity index is 486. The number of nitrogens with zero attached hydrogens (tertiary/aromatic N) is 1. The molecule has 1 heterocycles. The maximum atomic E-state index is 5.95. The number of halogens is 2. The molecule has 0 saturated carbocycles. The van der Waals surface area contributed by atoms with Gasteiger partial charge in [0, 0.05) is 11.8 Å². The van der Waals surface area contributed by atoms with Gasteiger partial charge in [-0.3, -0.25) is 4.98 Å². The maximum absolute atomic E-state index is 5.95. The summed E-state index contributed by atoms with van der Waals surface area (Å²) in [4.78, 5) is 4.26. The molecular formula is C13H13Cl2N2+. The van der Waals surface area contributed by atoms with Gasteiger partial charge in [-0.1, -0.05) is 35.3 Å². The van der Waals surface area contributed by atoms with Crippen LogP contribution in [-0.2, 0) is 13.1 Å². The summed E-state index contributed by atoms with van der Waals surface area (Å²) in [5.74, 6) is 0. The predicted molar refractivity (Wildman–Crippen MR) is 70.0 cm³/mol. The van der Waals surface area contributed by atoms with Crippen molar-refractivity contribution < 1.29 is 5.32 Å². The first-order valence-corrected chi connectivity index (χ1v) is 6.17. The molecule has 88 valence electrons. The minimum atomic E-state index is 0.597. The van der Waals surface area contributed by atoms with E-state index in [0.717, 1.165) is 24.3 Å². The lowest BCUT2D eigenvalue weighted by Crippen LogP contribution is -2.80. The van der Waals surface area contributed by atoms with Gasteiger partial charge in [0.1, 0.15) is 13.1 Å². The molecule has 0 aliphatic heterocycles. The van der Waals surface area contributed by atoms with E-state index in [2.05, 4.69) is 10.3 Å². The topological polar surface area (TPSA) is 29.5 Å². The second kappa shape index (κ2) is 6.01. The Morgan fingerprint density at radius 1 is 1.00 bits per heavy atom. The highest BCUT2D eigenvalue weighted by atomic mass is 35.5. The van der Waals surface area contributed by atoms with Gasteiger partial charge >= 0.3 is 0 Å². The fourth-order valence-corrected chi connectivity index (χ4v) is 1.89. The fourth-order valence-electron chi connectivity index (χ4n) is 1.57. The van der Waals surface area contributed by atoms with Crippen LogP contribution in [0.25, 0.3) is 0 Å². The highest BCUT2D eigenvalue weighted by molar-refractivity contribution is 6.41. The van der Waals surface area contributed by atoms with Crippen molar-refractivity contribution in [2.75, 3.05) is 0 Å². The van der Waals surface area contributed by atoms with E-state index in [4.69, 9.17) is 23.2 Å². The highest BCUT2D eigenvalue weighted by Crippen LogP contribution is 2.21. The van der Waals surface area contributed by atoms with Gasteiger partial charge in [-0.15, -0.1) is 0 Å². The van der Waals surface area contributed by atoms with Crippen LogP contribution in [0, 0.1) is 0 Å². The Hall–Kier alpha value is -1.09. The molecule has 2 nitrogen and oxygen atoms in total. The molecule has 0 radical (unpaired) electrons. The Morgan fingerprint density at radius 2 is 1.88 bits per heavy atom. The average molecular weight is 268 g/mol. The zero-order valence-corrected chi connectivity index (χ0v) is 10.7. The van der Waals surface area contributed by atoms with Crippen molar-refractivity contribution in [2.45, 2.75) is 13.1 Å². The summed E-state index contributed by atoms with van der Waals surface area (Å²) in [6.45, 7) is 1.73. The molecule has 0 saturated heterocycles. The van der Waals surface area contributed by atoms with Gasteiger partial charge in [0.2, 0.25) is 0 Å². The SMILES string of the molecule is Clc1ccc(C[NH2+]Cc2ccccn2)cc1Cl. The number of quaternary nitrogens is 1. The Morgan fingerprint density at radius 3 is 2.59 bits per heavy atom. The van der Waals surface area contributed by atoms with E-state index in [0.29, 0.717) is 10.0 Å². The number of hydrogen-bond acceptors (Lipinski definition) is 1. The molecular weight excluding hydrogens is 255 g/mol. The van der Waals surface area contributed by atoms with Crippen LogP contribution >= 0.6 is 23.2 Å². The smallest absolute Gasteiger partial charge is 0.119 e. The molecule has 4 heteroatoms. The molecule has 0 bridgehead atoms. The molecule has 0 amide bonds. The summed E-state index contributed by atoms with van der Waals surface area (Å²) in [5, 5.41) is 3.39. The van der Waals surface area contributed by atoms with E-state index in [1.165, 1.54) is 0 Å². The quantitative estimate of drug-likeness (QED) is 0.907. The van der Waals surface area contributed by atoms with Crippen molar-refractivity contribution in [1.82, 2.24) is 4.98 Å². The third-order valence-corrected chi connectivity index (χ3v) is 3.18. The normalized spacial score (nSPS) is 10.5. The molecule has 0 atom stereocenters. The minimum absolute atomic E-state index is 0.597. The van der Waals surface area contributed by atoms with Crippen LogP contribution in [0.2, 0.25) is 10.0 Å². The number of benzene rings is 1. The van der Waals surface area contributed by atoms with Crippen molar-refractivity contribution in [1.29, 1.82) is 0 Å². The standard InChI is InChI=1S/C13H12Cl2N2/c14-12-5-4-10(7-13(12)15)8-16-9-11-3-1-2-6-17-11/h1-7,16H,8-9H2/p+1. The lowest BCUT2D eigenvalue weighted by molar-refractivity contribution is -0.686. The Labute approximate surface area is 111 Å². The molecule has 0 spiro atoms. The summed E-state index contributed by atoms with van der Waals surface area (Å²) < 4.78 is 0. The van der Waals surface area contributed by atoms with Crippen LogP contribution < -0.4 is 5.32 Å². The second-order valence-electron chi connectivity index (χ2n) is 3.77. The fraction of sp³-hybridized carbons (Fsp3) is 0.154. The number of nitrogens with two attached hydrogens (primary N) is 1. The molecule has 2 aromatic rings. The van der Waals surface area contributed by atoms with Gasteiger partial charge in [-0.2, -0.15) is 0 Å². The van der Waals surface area contributed by atoms with Gasteiger partial charge in [0.15, 0.2) is 0 Å². The lowest BCUT2D eigenvalue weighted by Gasteiger charge is -2.03. The molecule has 1 aromatic heterocycles. The van der Waals surface area contributed by atoms with E-state index in [9.17, 15) is 0 Å². The van der Waals surface area contributed by atoms with Crippen LogP contribution in [0.5, 0.6) is 0 Å². The summed E-state index contributed by atoms with van der Waals surface area (Å²) in [5.41, 5.74) is 2.24. The second-order valence-corrected chi connectivity index (χ2v) is 4.58. The number of aromatic nitrogens is 1. The van der Waals surface area contributed by atoms with Gasteiger partial charge in [0.25, 0.3) is 0 Å². The molecule has 0 fully saturated rings. The largest absolute Gasteiger partial charge is 0.337 e. The van der Waals surface area contributed by atoms with E-state index >= 15 is 0 Å². The van der Waals surface area contributed by atoms with E-state index in [-0.39, 0.29) is 0 Å². The van der Waals surface area contributed by atoms with Crippen LogP contribution in [0.4, 0.5) is 0 Å². The monoisotopic (exact) mass is 267 g/mol. The number of hydrogen-bond donors (Lipinski definition) is 1. The molecule has 2 N–H and O–H groups in total. The van der Waals surface area contributed by atoms with Crippen molar-refractivity contribution in [2.24, 2.45) is 0 Å². The Balaban J connectivity index is 1.88. The summed E-state index contributed by atoms with van der Waals surface area (Å²) >= 11 is 11.8. The average Bonchev–Trinajstić information content (AvgIpc) is 2.35. The van der Waals surface area contributed by atoms with E-state index in [1.54, 1.807) is 0 Å². The van der Waals surface area contributed by atoms with Crippen LogP contribution in [-0.4, -0.2) is 4.98 Å². The van der Waals surface area contributed by atoms with Crippen molar-refractivity contribution in [3.8, 4) is 0 Å². The first-order valence-electron chi connectivity index (χ1n) is 5.41. The van der Waals surface area contributed by atoms with Crippen LogP contribution in [0.15, 0.2) is 42.6 Å². The lowest BCUT2D eigenvalue weighted by atomic mass is 10.2. The molecule has 2 rings (SSSR count). The van der Waals surface area contributed by atoms with Crippen LogP contribution in [0.3, 0.4) is 0 Å². The minimum Gasteiger partial charge on any atom is -0.337 e. The van der Waals surface area contributed by atoms with Crippen LogP contribution in [0.1, 0.15) is 11.3 Å².